The first-order valence-electron chi connectivity index (χ1n) is 8.25. The van der Waals surface area contributed by atoms with E-state index in [0.717, 1.165) is 0 Å². The lowest BCUT2D eigenvalue weighted by molar-refractivity contribution is -0.154. The molecule has 0 heterocycles. The highest BCUT2D eigenvalue weighted by Gasteiger charge is 2.19. The van der Waals surface area contributed by atoms with Gasteiger partial charge in [0.15, 0.2) is 6.10 Å². The van der Waals surface area contributed by atoms with Crippen molar-refractivity contribution in [1.82, 2.24) is 16.2 Å². The highest BCUT2D eigenvalue weighted by molar-refractivity contribution is 6.30. The first kappa shape index (κ1) is 20.9. The van der Waals surface area contributed by atoms with Gasteiger partial charge in [-0.1, -0.05) is 29.8 Å². The number of amides is 3. The number of rotatable bonds is 6. The van der Waals surface area contributed by atoms with Gasteiger partial charge in [0.25, 0.3) is 17.7 Å². The SMILES string of the molecule is C[C@H](OC(=O)CNC(=O)c1ccc(Cl)cc1)C(=O)NNC(=O)c1ccccc1. The van der Waals surface area contributed by atoms with E-state index in [4.69, 9.17) is 16.3 Å². The molecular formula is C19H18ClN3O5. The van der Waals surface area contributed by atoms with Gasteiger partial charge in [-0.25, -0.2) is 0 Å². The number of benzene rings is 2. The molecule has 0 fully saturated rings. The van der Waals surface area contributed by atoms with Crippen LogP contribution in [-0.4, -0.2) is 36.3 Å². The van der Waals surface area contributed by atoms with E-state index >= 15 is 0 Å². The maximum Gasteiger partial charge on any atom is 0.326 e. The van der Waals surface area contributed by atoms with Crippen LogP contribution in [0, 0.1) is 0 Å². The molecule has 3 amide bonds. The second-order valence-electron chi connectivity index (χ2n) is 5.63. The molecule has 0 saturated carbocycles. The lowest BCUT2D eigenvalue weighted by Crippen LogP contribution is -2.47. The average molecular weight is 404 g/mol. The summed E-state index contributed by atoms with van der Waals surface area (Å²) in [7, 11) is 0. The van der Waals surface area contributed by atoms with Crippen molar-refractivity contribution in [1.29, 1.82) is 0 Å². The summed E-state index contributed by atoms with van der Waals surface area (Å²) in [6, 6.07) is 14.4. The zero-order valence-electron chi connectivity index (χ0n) is 14.9. The van der Waals surface area contributed by atoms with E-state index in [2.05, 4.69) is 16.2 Å². The summed E-state index contributed by atoms with van der Waals surface area (Å²) in [6.07, 6.45) is -1.17. The third-order valence-corrected chi connectivity index (χ3v) is 3.76. The molecule has 0 spiro atoms. The number of hydrogen-bond donors (Lipinski definition) is 3. The topological polar surface area (TPSA) is 114 Å². The van der Waals surface area contributed by atoms with Crippen molar-refractivity contribution in [2.75, 3.05) is 6.54 Å². The summed E-state index contributed by atoms with van der Waals surface area (Å²) < 4.78 is 4.92. The smallest absolute Gasteiger partial charge is 0.326 e. The second kappa shape index (κ2) is 10.1. The van der Waals surface area contributed by atoms with Crippen LogP contribution in [-0.2, 0) is 14.3 Å². The van der Waals surface area contributed by atoms with Gasteiger partial charge in [-0.15, -0.1) is 0 Å². The number of hydrazine groups is 1. The normalized spacial score (nSPS) is 11.1. The van der Waals surface area contributed by atoms with E-state index in [1.807, 2.05) is 0 Å². The van der Waals surface area contributed by atoms with Crippen LogP contribution in [0.4, 0.5) is 0 Å². The number of hydrogen-bond acceptors (Lipinski definition) is 5. The molecule has 9 heteroatoms. The van der Waals surface area contributed by atoms with Crippen LogP contribution in [0.15, 0.2) is 54.6 Å². The predicted octanol–water partition coefficient (Wildman–Crippen LogP) is 1.46. The van der Waals surface area contributed by atoms with E-state index in [1.165, 1.54) is 19.1 Å². The molecule has 0 aliphatic carbocycles. The fourth-order valence-electron chi connectivity index (χ4n) is 2.03. The second-order valence-corrected chi connectivity index (χ2v) is 6.07. The molecule has 0 aromatic heterocycles. The van der Waals surface area contributed by atoms with Crippen LogP contribution >= 0.6 is 11.6 Å². The molecule has 0 bridgehead atoms. The molecule has 0 aliphatic rings. The highest BCUT2D eigenvalue weighted by Crippen LogP contribution is 2.09. The minimum atomic E-state index is -1.17. The Morgan fingerprint density at radius 3 is 2.14 bits per heavy atom. The Balaban J connectivity index is 1.73. The first-order valence-corrected chi connectivity index (χ1v) is 8.63. The van der Waals surface area contributed by atoms with E-state index in [1.54, 1.807) is 42.5 Å². The van der Waals surface area contributed by atoms with Gasteiger partial charge in [0.2, 0.25) is 0 Å². The molecule has 1 atom stereocenters. The Bertz CT molecular complexity index is 856. The maximum absolute atomic E-state index is 11.9. The fourth-order valence-corrected chi connectivity index (χ4v) is 2.16. The van der Waals surface area contributed by atoms with Crippen LogP contribution in [0.5, 0.6) is 0 Å². The van der Waals surface area contributed by atoms with Crippen LogP contribution in [0.3, 0.4) is 0 Å². The van der Waals surface area contributed by atoms with Gasteiger partial charge in [0.05, 0.1) is 0 Å². The van der Waals surface area contributed by atoms with Crippen molar-refractivity contribution >= 4 is 35.3 Å². The largest absolute Gasteiger partial charge is 0.451 e. The number of halogens is 1. The minimum Gasteiger partial charge on any atom is -0.451 e. The molecule has 8 nitrogen and oxygen atoms in total. The molecule has 0 radical (unpaired) electrons. The van der Waals surface area contributed by atoms with Crippen molar-refractivity contribution in [3.05, 3.63) is 70.7 Å². The van der Waals surface area contributed by atoms with E-state index in [0.29, 0.717) is 16.1 Å². The number of ether oxygens (including phenoxy) is 1. The van der Waals surface area contributed by atoms with Crippen molar-refractivity contribution in [2.24, 2.45) is 0 Å². The Kier molecular flexibility index (Phi) is 7.53. The minimum absolute atomic E-state index is 0.326. The van der Waals surface area contributed by atoms with Crippen LogP contribution in [0.2, 0.25) is 5.02 Å². The Morgan fingerprint density at radius 1 is 0.893 bits per heavy atom. The lowest BCUT2D eigenvalue weighted by atomic mass is 10.2. The first-order chi connectivity index (χ1) is 13.4. The molecule has 2 aromatic carbocycles. The molecule has 2 aromatic rings. The quantitative estimate of drug-likeness (QED) is 0.499. The summed E-state index contributed by atoms with van der Waals surface area (Å²) in [4.78, 5) is 47.4. The Hall–Kier alpha value is -3.39. The van der Waals surface area contributed by atoms with Crippen molar-refractivity contribution in [2.45, 2.75) is 13.0 Å². The molecule has 0 aliphatic heterocycles. The lowest BCUT2D eigenvalue weighted by Gasteiger charge is -2.14. The Morgan fingerprint density at radius 2 is 1.50 bits per heavy atom. The van der Waals surface area contributed by atoms with Crippen molar-refractivity contribution < 1.29 is 23.9 Å². The molecular weight excluding hydrogens is 386 g/mol. The van der Waals surface area contributed by atoms with Crippen LogP contribution in [0.25, 0.3) is 0 Å². The molecule has 2 rings (SSSR count). The van der Waals surface area contributed by atoms with Crippen molar-refractivity contribution in [3.63, 3.8) is 0 Å². The molecule has 0 unspecified atom stereocenters. The zero-order valence-corrected chi connectivity index (χ0v) is 15.7. The van der Waals surface area contributed by atoms with E-state index in [-0.39, 0.29) is 0 Å². The average Bonchev–Trinajstić information content (AvgIpc) is 2.71. The monoisotopic (exact) mass is 403 g/mol. The molecule has 3 N–H and O–H groups in total. The van der Waals surface area contributed by atoms with E-state index in [9.17, 15) is 19.2 Å². The van der Waals surface area contributed by atoms with E-state index < -0.39 is 36.3 Å². The molecule has 0 saturated heterocycles. The Labute approximate surface area is 166 Å². The number of carbonyl (C=O) groups is 4. The molecule has 28 heavy (non-hydrogen) atoms. The number of nitrogens with one attached hydrogen (secondary N) is 3. The summed E-state index contributed by atoms with van der Waals surface area (Å²) in [6.45, 7) is 0.915. The standard InChI is InChI=1S/C19H18ClN3O5/c1-12(17(25)22-23-19(27)13-5-3-2-4-6-13)28-16(24)11-21-18(26)14-7-9-15(20)10-8-14/h2-10,12H,11H2,1H3,(H,21,26)(H,22,25)(H,23,27)/t12-/m0/s1. The van der Waals surface area contributed by atoms with Gasteiger partial charge >= 0.3 is 5.97 Å². The maximum atomic E-state index is 11.9. The van der Waals surface area contributed by atoms with Gasteiger partial charge < -0.3 is 10.1 Å². The number of carbonyl (C=O) groups excluding carboxylic acids is 4. The summed E-state index contributed by atoms with van der Waals surface area (Å²) >= 11 is 5.74. The number of esters is 1. The van der Waals surface area contributed by atoms with Gasteiger partial charge in [0.1, 0.15) is 6.54 Å². The van der Waals surface area contributed by atoms with Gasteiger partial charge in [0, 0.05) is 16.1 Å². The third-order valence-electron chi connectivity index (χ3n) is 3.51. The zero-order chi connectivity index (χ0) is 20.5. The third kappa shape index (κ3) is 6.40. The summed E-state index contributed by atoms with van der Waals surface area (Å²) in [5.41, 5.74) is 5.07. The van der Waals surface area contributed by atoms with Crippen LogP contribution < -0.4 is 16.2 Å². The fraction of sp³-hybridized carbons (Fsp3) is 0.158. The summed E-state index contributed by atoms with van der Waals surface area (Å²) in [5.74, 6) is -2.52. The van der Waals surface area contributed by atoms with Gasteiger partial charge in [-0.05, 0) is 43.3 Å². The van der Waals surface area contributed by atoms with Gasteiger partial charge in [-0.2, -0.15) is 0 Å². The molecule has 146 valence electrons. The highest BCUT2D eigenvalue weighted by atomic mass is 35.5. The van der Waals surface area contributed by atoms with Gasteiger partial charge in [-0.3, -0.25) is 30.0 Å². The van der Waals surface area contributed by atoms with Crippen LogP contribution in [0.1, 0.15) is 27.6 Å². The summed E-state index contributed by atoms with van der Waals surface area (Å²) in [5, 5.41) is 2.86. The predicted molar refractivity (Wildman–Crippen MR) is 101 cm³/mol. The van der Waals surface area contributed by atoms with Crippen molar-refractivity contribution in [3.8, 4) is 0 Å².